The van der Waals surface area contributed by atoms with Crippen molar-refractivity contribution in [3.8, 4) is 23.0 Å². The Morgan fingerprint density at radius 1 is 1.12 bits per heavy atom. The molecule has 0 spiro atoms. The number of ether oxygens (including phenoxy) is 2. The van der Waals surface area contributed by atoms with Crippen molar-refractivity contribution in [3.63, 3.8) is 0 Å². The minimum atomic E-state index is -0.170. The van der Waals surface area contributed by atoms with E-state index in [-0.39, 0.29) is 5.60 Å². The number of hydrogen-bond acceptors (Lipinski definition) is 5. The Balaban J connectivity index is 1.63. The number of aromatic nitrogens is 4. The third-order valence-corrected chi connectivity index (χ3v) is 6.14. The van der Waals surface area contributed by atoms with E-state index in [1.165, 1.54) is 6.33 Å². The average molecular weight is 514 g/mol. The van der Waals surface area contributed by atoms with Crippen LogP contribution in [0.15, 0.2) is 54.9 Å². The third-order valence-electron chi connectivity index (χ3n) is 5.51. The number of alkyl halides is 1. The molecule has 1 fully saturated rings. The molecule has 1 aliphatic rings. The normalized spacial score (nSPS) is 14.5. The molecule has 0 aliphatic heterocycles. The summed E-state index contributed by atoms with van der Waals surface area (Å²) in [7, 11) is 0. The number of benzene rings is 2. The topological polar surface area (TPSA) is 62.1 Å². The molecule has 0 N–H and O–H groups in total. The number of imidazole rings is 1. The molecule has 2 aromatic heterocycles. The van der Waals surface area contributed by atoms with Gasteiger partial charge < -0.3 is 14.0 Å². The van der Waals surface area contributed by atoms with Gasteiger partial charge in [0.05, 0.1) is 18.2 Å². The Hall–Kier alpha value is -2.64. The van der Waals surface area contributed by atoms with Crippen LogP contribution in [0.5, 0.6) is 11.6 Å². The molecule has 2 aromatic carbocycles. The first-order chi connectivity index (χ1) is 15.6. The van der Waals surface area contributed by atoms with Gasteiger partial charge in [0.1, 0.15) is 23.5 Å². The van der Waals surface area contributed by atoms with Crippen LogP contribution in [0.25, 0.3) is 22.6 Å². The largest absolute Gasteiger partial charge is 0.493 e. The summed E-state index contributed by atoms with van der Waals surface area (Å²) in [6.45, 7) is 3.25. The van der Waals surface area contributed by atoms with E-state index >= 15 is 0 Å². The maximum absolute atomic E-state index is 6.69. The van der Waals surface area contributed by atoms with Gasteiger partial charge in [-0.25, -0.2) is 9.97 Å². The zero-order valence-corrected chi connectivity index (χ0v) is 19.9. The molecular formula is C24H22BrClN4O2. The smallest absolute Gasteiger partial charge is 0.245 e. The molecule has 0 bridgehead atoms. The predicted octanol–water partition coefficient (Wildman–Crippen LogP) is 5.90. The van der Waals surface area contributed by atoms with Crippen LogP contribution in [0.4, 0.5) is 0 Å². The van der Waals surface area contributed by atoms with Gasteiger partial charge in [-0.3, -0.25) is 0 Å². The maximum atomic E-state index is 6.69. The van der Waals surface area contributed by atoms with Gasteiger partial charge in [0.2, 0.25) is 5.88 Å². The van der Waals surface area contributed by atoms with Gasteiger partial charge in [0.15, 0.2) is 11.2 Å². The summed E-state index contributed by atoms with van der Waals surface area (Å²) in [6, 6.07) is 15.9. The zero-order valence-electron chi connectivity index (χ0n) is 17.6. The van der Waals surface area contributed by atoms with Crippen molar-refractivity contribution >= 4 is 38.7 Å². The predicted molar refractivity (Wildman–Crippen MR) is 129 cm³/mol. The number of hydrogen-bond donors (Lipinski definition) is 0. The van der Waals surface area contributed by atoms with Gasteiger partial charge in [-0.15, -0.1) is 0 Å². The van der Waals surface area contributed by atoms with Crippen molar-refractivity contribution in [3.05, 3.63) is 65.4 Å². The third kappa shape index (κ3) is 4.32. The molecule has 164 valence electrons. The van der Waals surface area contributed by atoms with E-state index in [9.17, 15) is 0 Å². The minimum Gasteiger partial charge on any atom is -0.493 e. The van der Waals surface area contributed by atoms with Gasteiger partial charge in [-0.05, 0) is 43.5 Å². The van der Waals surface area contributed by atoms with Crippen LogP contribution in [0, 0.1) is 0 Å². The Bertz CT molecular complexity index is 1260. The summed E-state index contributed by atoms with van der Waals surface area (Å²) >= 11 is 10.1. The highest BCUT2D eigenvalue weighted by molar-refractivity contribution is 9.09. The van der Waals surface area contributed by atoms with Crippen molar-refractivity contribution in [2.24, 2.45) is 0 Å². The molecule has 0 atom stereocenters. The molecular weight excluding hydrogens is 492 g/mol. The Morgan fingerprint density at radius 3 is 2.66 bits per heavy atom. The Kier molecular flexibility index (Phi) is 5.78. The monoisotopic (exact) mass is 512 g/mol. The fourth-order valence-electron chi connectivity index (χ4n) is 3.55. The van der Waals surface area contributed by atoms with Crippen LogP contribution in [-0.2, 0) is 6.54 Å². The molecule has 0 unspecified atom stereocenters. The molecule has 32 heavy (non-hydrogen) atoms. The molecule has 1 aliphatic carbocycles. The van der Waals surface area contributed by atoms with Crippen LogP contribution < -0.4 is 9.47 Å². The van der Waals surface area contributed by atoms with Gasteiger partial charge >= 0.3 is 0 Å². The fraction of sp³-hybridized carbons (Fsp3) is 0.292. The van der Waals surface area contributed by atoms with E-state index in [1.807, 2.05) is 36.4 Å². The number of nitrogens with zero attached hydrogens (tertiary/aromatic N) is 4. The van der Waals surface area contributed by atoms with Crippen LogP contribution in [0.3, 0.4) is 0 Å². The van der Waals surface area contributed by atoms with Crippen molar-refractivity contribution in [1.29, 1.82) is 0 Å². The summed E-state index contributed by atoms with van der Waals surface area (Å²) in [4.78, 5) is 13.9. The molecule has 0 radical (unpaired) electrons. The fourth-order valence-corrected chi connectivity index (χ4v) is 3.96. The van der Waals surface area contributed by atoms with Gasteiger partial charge in [0, 0.05) is 10.9 Å². The lowest BCUT2D eigenvalue weighted by Gasteiger charge is -2.12. The van der Waals surface area contributed by atoms with E-state index in [1.54, 1.807) is 0 Å². The Morgan fingerprint density at radius 2 is 1.94 bits per heavy atom. The molecule has 5 rings (SSSR count). The summed E-state index contributed by atoms with van der Waals surface area (Å²) < 4.78 is 13.9. The number of halogens is 2. The molecule has 1 saturated carbocycles. The molecule has 4 aromatic rings. The lowest BCUT2D eigenvalue weighted by Crippen LogP contribution is -2.13. The van der Waals surface area contributed by atoms with E-state index < -0.39 is 0 Å². The van der Waals surface area contributed by atoms with Crippen molar-refractivity contribution in [2.45, 2.75) is 31.9 Å². The van der Waals surface area contributed by atoms with Crippen LogP contribution in [0.2, 0.25) is 5.02 Å². The second-order valence-corrected chi connectivity index (χ2v) is 9.29. The number of fused-ring (bicyclic) bond motifs is 1. The first-order valence-electron chi connectivity index (χ1n) is 10.5. The lowest BCUT2D eigenvalue weighted by molar-refractivity contribution is 0.194. The average Bonchev–Trinajstić information content (AvgIpc) is 3.41. The first-order valence-corrected chi connectivity index (χ1v) is 12.0. The highest BCUT2D eigenvalue weighted by atomic mass is 79.9. The van der Waals surface area contributed by atoms with E-state index in [2.05, 4.69) is 49.5 Å². The van der Waals surface area contributed by atoms with Crippen molar-refractivity contribution in [1.82, 2.24) is 19.5 Å². The SMILES string of the molecule is CC1(Oc2ncnc3c2nc(-c2ccc(OCCBr)cc2Cl)n3Cc2ccccc2)CC1. The molecule has 2 heterocycles. The summed E-state index contributed by atoms with van der Waals surface area (Å²) in [5.74, 6) is 1.94. The summed E-state index contributed by atoms with van der Waals surface area (Å²) in [6.07, 6.45) is 3.56. The quantitative estimate of drug-likeness (QED) is 0.275. The second-order valence-electron chi connectivity index (χ2n) is 8.09. The van der Waals surface area contributed by atoms with E-state index in [4.69, 9.17) is 26.1 Å². The lowest BCUT2D eigenvalue weighted by atomic mass is 10.2. The van der Waals surface area contributed by atoms with Crippen LogP contribution in [-0.4, -0.2) is 37.1 Å². The van der Waals surface area contributed by atoms with Gasteiger partial charge in [-0.1, -0.05) is 57.9 Å². The summed E-state index contributed by atoms with van der Waals surface area (Å²) in [5, 5.41) is 1.31. The first kappa shape index (κ1) is 21.2. The zero-order chi connectivity index (χ0) is 22.1. The second kappa shape index (κ2) is 8.71. The molecule has 0 amide bonds. The molecule has 0 saturated heterocycles. The van der Waals surface area contributed by atoms with E-state index in [0.717, 1.165) is 35.0 Å². The van der Waals surface area contributed by atoms with Crippen molar-refractivity contribution < 1.29 is 9.47 Å². The van der Waals surface area contributed by atoms with Gasteiger partial charge in [-0.2, -0.15) is 4.98 Å². The standard InChI is InChI=1S/C24H22BrClN4O2/c1-24(9-10-24)32-23-20-22(27-15-28-23)30(14-16-5-3-2-4-6-16)21(29-20)18-8-7-17(13-19(18)26)31-12-11-25/h2-8,13,15H,9-12,14H2,1H3. The van der Waals surface area contributed by atoms with Crippen LogP contribution in [0.1, 0.15) is 25.3 Å². The maximum Gasteiger partial charge on any atom is 0.245 e. The molecule has 8 heteroatoms. The van der Waals surface area contributed by atoms with Crippen LogP contribution >= 0.6 is 27.5 Å². The van der Waals surface area contributed by atoms with Gasteiger partial charge in [0.25, 0.3) is 0 Å². The van der Waals surface area contributed by atoms with Crippen molar-refractivity contribution in [2.75, 3.05) is 11.9 Å². The number of rotatable bonds is 8. The molecule has 6 nitrogen and oxygen atoms in total. The van der Waals surface area contributed by atoms with E-state index in [0.29, 0.717) is 41.0 Å². The highest BCUT2D eigenvalue weighted by Gasteiger charge is 2.41. The summed E-state index contributed by atoms with van der Waals surface area (Å²) in [5.41, 5.74) is 3.12. The highest BCUT2D eigenvalue weighted by Crippen LogP contribution is 2.41. The minimum absolute atomic E-state index is 0.170. The Labute approximate surface area is 199 Å².